The normalized spacial score (nSPS) is 16.0. The van der Waals surface area contributed by atoms with E-state index in [0.29, 0.717) is 0 Å². The molecule has 0 aliphatic heterocycles. The average molecular weight is 421 g/mol. The van der Waals surface area contributed by atoms with E-state index in [0.717, 1.165) is 35.5 Å². The Balaban J connectivity index is 2.24. The molecule has 0 saturated heterocycles. The molecule has 4 bridgehead atoms. The molecule has 0 atom stereocenters. The van der Waals surface area contributed by atoms with E-state index in [9.17, 15) is 0 Å². The smallest absolute Gasteiger partial charge is 0.129 e. The minimum atomic E-state index is 0.0918. The van der Waals surface area contributed by atoms with Crippen LogP contribution in [0.5, 0.6) is 11.5 Å². The first-order valence-electron chi connectivity index (χ1n) is 11.7. The lowest BCUT2D eigenvalue weighted by molar-refractivity contribution is 0.406. The summed E-state index contributed by atoms with van der Waals surface area (Å²) < 4.78 is 11.9. The molecule has 3 rings (SSSR count). The van der Waals surface area contributed by atoms with Crippen molar-refractivity contribution in [3.8, 4) is 11.5 Å². The molecule has 2 heteroatoms. The quantitative estimate of drug-likeness (QED) is 0.495. The van der Waals surface area contributed by atoms with Gasteiger partial charge in [0.1, 0.15) is 11.5 Å². The van der Waals surface area contributed by atoms with Crippen LogP contribution >= 0.6 is 0 Å². The fourth-order valence-electron chi connectivity index (χ4n) is 4.40. The van der Waals surface area contributed by atoms with Crippen molar-refractivity contribution in [2.45, 2.75) is 84.5 Å². The third kappa shape index (κ3) is 5.34. The van der Waals surface area contributed by atoms with Crippen LogP contribution in [0.15, 0.2) is 24.3 Å². The predicted molar refractivity (Wildman–Crippen MR) is 134 cm³/mol. The number of rotatable bonds is 2. The van der Waals surface area contributed by atoms with Crippen LogP contribution in [-0.4, -0.2) is 14.2 Å². The molecule has 0 aromatic heterocycles. The van der Waals surface area contributed by atoms with Crippen molar-refractivity contribution in [3.63, 3.8) is 0 Å². The van der Waals surface area contributed by atoms with E-state index in [-0.39, 0.29) is 10.8 Å². The van der Waals surface area contributed by atoms with E-state index in [1.807, 2.05) is 0 Å². The Hall–Kier alpha value is -2.22. The highest BCUT2D eigenvalue weighted by molar-refractivity contribution is 5.77. The number of ether oxygens (including phenoxy) is 2. The van der Waals surface area contributed by atoms with Gasteiger partial charge in [-0.2, -0.15) is 0 Å². The fourth-order valence-corrected chi connectivity index (χ4v) is 4.40. The average Bonchev–Trinajstić information content (AvgIpc) is 2.69. The topological polar surface area (TPSA) is 18.5 Å². The molecule has 168 valence electrons. The monoisotopic (exact) mass is 420 g/mol. The first-order valence-corrected chi connectivity index (χ1v) is 11.7. The number of aryl methyl sites for hydroxylation is 2. The molecule has 1 aliphatic carbocycles. The molecule has 0 unspecified atom stereocenters. The highest BCUT2D eigenvalue weighted by atomic mass is 16.5. The number of benzene rings is 2. The van der Waals surface area contributed by atoms with Gasteiger partial charge in [-0.15, -0.1) is 0 Å². The van der Waals surface area contributed by atoms with Crippen LogP contribution in [0.3, 0.4) is 0 Å². The maximum atomic E-state index is 5.93. The van der Waals surface area contributed by atoms with Crippen LogP contribution in [0, 0.1) is 0 Å². The summed E-state index contributed by atoms with van der Waals surface area (Å²) in [6, 6.07) is 9.29. The summed E-state index contributed by atoms with van der Waals surface area (Å²) in [6.07, 6.45) is 10.1. The zero-order valence-electron chi connectivity index (χ0n) is 20.8. The largest absolute Gasteiger partial charge is 0.496 e. The van der Waals surface area contributed by atoms with E-state index in [4.69, 9.17) is 9.47 Å². The van der Waals surface area contributed by atoms with E-state index >= 15 is 0 Å². The lowest BCUT2D eigenvalue weighted by atomic mass is 9.83. The molecule has 31 heavy (non-hydrogen) atoms. The van der Waals surface area contributed by atoms with Crippen LogP contribution in [0.2, 0.25) is 0 Å². The first kappa shape index (κ1) is 23.4. The summed E-state index contributed by atoms with van der Waals surface area (Å²) >= 11 is 0. The number of hydrogen-bond donors (Lipinski definition) is 0. The third-order valence-corrected chi connectivity index (χ3v) is 6.36. The van der Waals surface area contributed by atoms with Crippen LogP contribution < -0.4 is 9.47 Å². The van der Waals surface area contributed by atoms with Gasteiger partial charge in [0.25, 0.3) is 0 Å². The number of hydrogen-bond acceptors (Lipinski definition) is 2. The van der Waals surface area contributed by atoms with E-state index in [2.05, 4.69) is 78.0 Å². The molecule has 0 spiro atoms. The Labute approximate surface area is 189 Å². The van der Waals surface area contributed by atoms with Crippen LogP contribution in [0.4, 0.5) is 0 Å². The maximum absolute atomic E-state index is 5.93. The van der Waals surface area contributed by atoms with Crippen molar-refractivity contribution in [2.24, 2.45) is 0 Å². The lowest BCUT2D eigenvalue weighted by Gasteiger charge is -2.23. The zero-order chi connectivity index (χ0) is 22.8. The predicted octanol–water partition coefficient (Wildman–Crippen LogP) is 7.74. The van der Waals surface area contributed by atoms with Crippen LogP contribution in [0.1, 0.15) is 94.2 Å². The van der Waals surface area contributed by atoms with Crippen molar-refractivity contribution < 1.29 is 9.47 Å². The molecule has 0 N–H and O–H groups in total. The summed E-state index contributed by atoms with van der Waals surface area (Å²) in [7, 11) is 3.59. The summed E-state index contributed by atoms with van der Waals surface area (Å²) in [6.45, 7) is 13.7. The summed E-state index contributed by atoms with van der Waals surface area (Å²) in [4.78, 5) is 0. The van der Waals surface area contributed by atoms with Crippen molar-refractivity contribution in [3.05, 3.63) is 57.6 Å². The van der Waals surface area contributed by atoms with Gasteiger partial charge in [-0.1, -0.05) is 72.2 Å². The molecule has 2 nitrogen and oxygen atoms in total. The van der Waals surface area contributed by atoms with Gasteiger partial charge in [0.05, 0.1) is 14.2 Å². The maximum Gasteiger partial charge on any atom is 0.129 e. The van der Waals surface area contributed by atoms with Gasteiger partial charge in [-0.05, 0) is 70.9 Å². The number of methoxy groups -OCH3 is 2. The SMILES string of the molecule is COc1c2cc(C(C)(C)C)cc1CCCCCc1cc(C(C)(C)C)cc(c1OC)/C=C\2. The van der Waals surface area contributed by atoms with Gasteiger partial charge >= 0.3 is 0 Å². The second-order valence-corrected chi connectivity index (χ2v) is 10.9. The molecular weight excluding hydrogens is 380 g/mol. The van der Waals surface area contributed by atoms with Crippen molar-refractivity contribution in [1.29, 1.82) is 0 Å². The molecule has 0 fully saturated rings. The zero-order valence-corrected chi connectivity index (χ0v) is 20.8. The van der Waals surface area contributed by atoms with Crippen molar-refractivity contribution in [2.75, 3.05) is 14.2 Å². The third-order valence-electron chi connectivity index (χ3n) is 6.36. The minimum Gasteiger partial charge on any atom is -0.496 e. The van der Waals surface area contributed by atoms with Gasteiger partial charge in [0.2, 0.25) is 0 Å². The number of fused-ring (bicyclic) bond motifs is 4. The highest BCUT2D eigenvalue weighted by Gasteiger charge is 2.21. The molecule has 0 saturated carbocycles. The molecular formula is C29H40O2. The summed E-state index contributed by atoms with van der Waals surface area (Å²) in [5, 5.41) is 0. The summed E-state index contributed by atoms with van der Waals surface area (Å²) in [5.74, 6) is 2.02. The van der Waals surface area contributed by atoms with Crippen LogP contribution in [-0.2, 0) is 23.7 Å². The van der Waals surface area contributed by atoms with Gasteiger partial charge in [0, 0.05) is 11.1 Å². The minimum absolute atomic E-state index is 0.0918. The van der Waals surface area contributed by atoms with Gasteiger partial charge in [-0.25, -0.2) is 0 Å². The van der Waals surface area contributed by atoms with Crippen LogP contribution in [0.25, 0.3) is 12.2 Å². The van der Waals surface area contributed by atoms with E-state index < -0.39 is 0 Å². The molecule has 0 radical (unpaired) electrons. The first-order chi connectivity index (χ1) is 14.5. The molecule has 2 aromatic rings. The Morgan fingerprint density at radius 2 is 0.968 bits per heavy atom. The lowest BCUT2D eigenvalue weighted by Crippen LogP contribution is -2.13. The van der Waals surface area contributed by atoms with Crippen molar-refractivity contribution in [1.82, 2.24) is 0 Å². The Kier molecular flexibility index (Phi) is 6.88. The Morgan fingerprint density at radius 1 is 0.581 bits per heavy atom. The van der Waals surface area contributed by atoms with E-state index in [1.165, 1.54) is 41.5 Å². The van der Waals surface area contributed by atoms with Gasteiger partial charge in [0.15, 0.2) is 0 Å². The molecule has 2 aromatic carbocycles. The van der Waals surface area contributed by atoms with Crippen molar-refractivity contribution >= 4 is 12.2 Å². The second-order valence-electron chi connectivity index (χ2n) is 10.9. The van der Waals surface area contributed by atoms with Gasteiger partial charge in [-0.3, -0.25) is 0 Å². The fraction of sp³-hybridized carbons (Fsp3) is 0.517. The van der Waals surface area contributed by atoms with Gasteiger partial charge < -0.3 is 9.47 Å². The molecule has 1 aliphatic rings. The Morgan fingerprint density at radius 3 is 1.29 bits per heavy atom. The Bertz CT molecular complexity index is 875. The van der Waals surface area contributed by atoms with E-state index in [1.54, 1.807) is 14.2 Å². The summed E-state index contributed by atoms with van der Waals surface area (Å²) in [5.41, 5.74) is 7.83. The highest BCUT2D eigenvalue weighted by Crippen LogP contribution is 2.37. The standard InChI is InChI=1S/C29H40O2/c1-28(2,3)24-16-20-12-10-9-11-13-21-17-25(29(4,5)6)19-23(27(21)31-8)15-14-22(18-24)26(20)30-7/h14-19H,9-13H2,1-8H3/b15-14-. The second kappa shape index (κ2) is 9.10. The molecule has 0 amide bonds. The molecule has 0 heterocycles.